The number of nitrogens with zero attached hydrogens (tertiary/aromatic N) is 2. The Kier molecular flexibility index (Phi) is 4.56. The molecule has 0 aliphatic carbocycles. The molecule has 0 spiro atoms. The predicted octanol–water partition coefficient (Wildman–Crippen LogP) is 1.43. The van der Waals surface area contributed by atoms with Gasteiger partial charge in [-0.3, -0.25) is 4.79 Å². The van der Waals surface area contributed by atoms with Crippen LogP contribution in [0.3, 0.4) is 0 Å². The number of piperidine rings is 1. The van der Waals surface area contributed by atoms with Gasteiger partial charge in [0, 0.05) is 13.1 Å². The van der Waals surface area contributed by atoms with Crippen molar-refractivity contribution in [2.75, 3.05) is 31.5 Å². The van der Waals surface area contributed by atoms with Crippen molar-refractivity contribution < 1.29 is 0 Å². The SMILES string of the molecule is O=c1[nH]cnc(NCCN2CCCCC2)c1Br. The average molecular weight is 301 g/mol. The summed E-state index contributed by atoms with van der Waals surface area (Å²) in [4.78, 5) is 20.4. The van der Waals surface area contributed by atoms with E-state index in [1.807, 2.05) is 0 Å². The van der Waals surface area contributed by atoms with Gasteiger partial charge in [-0.15, -0.1) is 0 Å². The van der Waals surface area contributed by atoms with Gasteiger partial charge in [0.05, 0.1) is 6.33 Å². The van der Waals surface area contributed by atoms with E-state index in [9.17, 15) is 4.79 Å². The highest BCUT2D eigenvalue weighted by Crippen LogP contribution is 2.13. The summed E-state index contributed by atoms with van der Waals surface area (Å²) in [6.07, 6.45) is 5.36. The van der Waals surface area contributed by atoms with E-state index < -0.39 is 0 Å². The van der Waals surface area contributed by atoms with Gasteiger partial charge >= 0.3 is 0 Å². The van der Waals surface area contributed by atoms with Crippen LogP contribution in [0.2, 0.25) is 0 Å². The number of nitrogens with one attached hydrogen (secondary N) is 2. The van der Waals surface area contributed by atoms with Gasteiger partial charge in [-0.1, -0.05) is 6.42 Å². The lowest BCUT2D eigenvalue weighted by atomic mass is 10.1. The number of hydrogen-bond acceptors (Lipinski definition) is 4. The van der Waals surface area contributed by atoms with Crippen molar-refractivity contribution in [3.63, 3.8) is 0 Å². The van der Waals surface area contributed by atoms with Crippen LogP contribution in [0.25, 0.3) is 0 Å². The normalized spacial score (nSPS) is 17.0. The number of likely N-dealkylation sites (tertiary alicyclic amines) is 1. The Balaban J connectivity index is 1.81. The van der Waals surface area contributed by atoms with E-state index in [-0.39, 0.29) is 5.56 Å². The van der Waals surface area contributed by atoms with Crippen LogP contribution in [-0.4, -0.2) is 41.0 Å². The minimum Gasteiger partial charge on any atom is -0.368 e. The summed E-state index contributed by atoms with van der Waals surface area (Å²) in [5.74, 6) is 0.616. The van der Waals surface area contributed by atoms with E-state index in [0.29, 0.717) is 10.3 Å². The van der Waals surface area contributed by atoms with E-state index in [1.54, 1.807) is 0 Å². The standard InChI is InChI=1S/C11H17BrN4O/c12-9-10(14-8-15-11(9)17)13-4-7-16-5-2-1-3-6-16/h8H,1-7H2,(H2,13,14,15,17). The molecule has 1 saturated heterocycles. The van der Waals surface area contributed by atoms with E-state index in [2.05, 4.69) is 36.1 Å². The van der Waals surface area contributed by atoms with Crippen LogP contribution >= 0.6 is 15.9 Å². The molecule has 1 aromatic heterocycles. The van der Waals surface area contributed by atoms with Crippen molar-refractivity contribution in [2.45, 2.75) is 19.3 Å². The Morgan fingerprint density at radius 3 is 2.94 bits per heavy atom. The van der Waals surface area contributed by atoms with Crippen LogP contribution in [-0.2, 0) is 0 Å². The van der Waals surface area contributed by atoms with E-state index in [4.69, 9.17) is 0 Å². The van der Waals surface area contributed by atoms with Gasteiger partial charge in [0.15, 0.2) is 0 Å². The Hall–Kier alpha value is -0.880. The Bertz CT molecular complexity index is 414. The first-order valence-electron chi connectivity index (χ1n) is 5.97. The summed E-state index contributed by atoms with van der Waals surface area (Å²) in [7, 11) is 0. The number of hydrogen-bond donors (Lipinski definition) is 2. The summed E-state index contributed by atoms with van der Waals surface area (Å²) in [6.45, 7) is 4.19. The van der Waals surface area contributed by atoms with Crippen LogP contribution in [0.15, 0.2) is 15.6 Å². The molecule has 2 rings (SSSR count). The number of aromatic nitrogens is 2. The van der Waals surface area contributed by atoms with Gasteiger partial charge in [0.1, 0.15) is 10.3 Å². The fraction of sp³-hybridized carbons (Fsp3) is 0.636. The second kappa shape index (κ2) is 6.16. The zero-order valence-corrected chi connectivity index (χ0v) is 11.3. The molecule has 94 valence electrons. The highest BCUT2D eigenvalue weighted by atomic mass is 79.9. The molecule has 2 heterocycles. The van der Waals surface area contributed by atoms with Crippen molar-refractivity contribution in [2.24, 2.45) is 0 Å². The van der Waals surface area contributed by atoms with Gasteiger partial charge in [-0.05, 0) is 41.9 Å². The van der Waals surface area contributed by atoms with Gasteiger partial charge in [0.2, 0.25) is 0 Å². The summed E-state index contributed by atoms with van der Waals surface area (Å²) < 4.78 is 0.471. The Morgan fingerprint density at radius 1 is 1.41 bits per heavy atom. The smallest absolute Gasteiger partial charge is 0.267 e. The molecule has 0 saturated carbocycles. The summed E-state index contributed by atoms with van der Waals surface area (Å²) in [5.41, 5.74) is -0.152. The molecule has 1 aromatic rings. The average Bonchev–Trinajstić information content (AvgIpc) is 2.36. The molecule has 0 unspecified atom stereocenters. The lowest BCUT2D eigenvalue weighted by Gasteiger charge is -2.26. The molecule has 0 bridgehead atoms. The number of aromatic amines is 1. The summed E-state index contributed by atoms with van der Waals surface area (Å²) in [6, 6.07) is 0. The first kappa shape index (κ1) is 12.6. The first-order valence-corrected chi connectivity index (χ1v) is 6.76. The summed E-state index contributed by atoms with van der Waals surface area (Å²) >= 11 is 3.22. The molecular weight excluding hydrogens is 284 g/mol. The van der Waals surface area contributed by atoms with Crippen LogP contribution in [0.4, 0.5) is 5.82 Å². The first-order chi connectivity index (χ1) is 8.27. The van der Waals surface area contributed by atoms with E-state index >= 15 is 0 Å². The molecule has 1 aliphatic heterocycles. The molecule has 1 aliphatic rings. The molecule has 0 atom stereocenters. The zero-order valence-electron chi connectivity index (χ0n) is 9.71. The fourth-order valence-electron chi connectivity index (χ4n) is 2.02. The lowest BCUT2D eigenvalue weighted by Crippen LogP contribution is -2.34. The molecule has 5 nitrogen and oxygen atoms in total. The van der Waals surface area contributed by atoms with Crippen molar-refractivity contribution in [1.29, 1.82) is 0 Å². The molecule has 6 heteroatoms. The molecule has 1 fully saturated rings. The van der Waals surface area contributed by atoms with Crippen LogP contribution in [0.1, 0.15) is 19.3 Å². The molecule has 0 amide bonds. The van der Waals surface area contributed by atoms with Crippen molar-refractivity contribution in [1.82, 2.24) is 14.9 Å². The lowest BCUT2D eigenvalue weighted by molar-refractivity contribution is 0.237. The number of rotatable bonds is 4. The molecule has 0 radical (unpaired) electrons. The number of anilines is 1. The fourth-order valence-corrected chi connectivity index (χ4v) is 2.38. The molecule has 2 N–H and O–H groups in total. The highest BCUT2D eigenvalue weighted by Gasteiger charge is 2.10. The van der Waals surface area contributed by atoms with E-state index in [1.165, 1.54) is 38.7 Å². The van der Waals surface area contributed by atoms with Gasteiger partial charge in [-0.2, -0.15) is 0 Å². The predicted molar refractivity (Wildman–Crippen MR) is 71.3 cm³/mol. The van der Waals surface area contributed by atoms with Crippen molar-refractivity contribution in [3.8, 4) is 0 Å². The third-order valence-corrected chi connectivity index (χ3v) is 3.70. The maximum atomic E-state index is 11.3. The number of H-pyrrole nitrogens is 1. The van der Waals surface area contributed by atoms with Crippen LogP contribution in [0, 0.1) is 0 Å². The van der Waals surface area contributed by atoms with Crippen LogP contribution in [0.5, 0.6) is 0 Å². The van der Waals surface area contributed by atoms with Gasteiger partial charge in [-0.25, -0.2) is 4.98 Å². The van der Waals surface area contributed by atoms with Gasteiger partial charge < -0.3 is 15.2 Å². The second-order valence-corrected chi connectivity index (χ2v) is 5.02. The number of halogens is 1. The zero-order chi connectivity index (χ0) is 12.1. The Morgan fingerprint density at radius 2 is 2.18 bits per heavy atom. The third kappa shape index (κ3) is 3.54. The monoisotopic (exact) mass is 300 g/mol. The minimum atomic E-state index is -0.152. The molecular formula is C11H17BrN4O. The summed E-state index contributed by atoms with van der Waals surface area (Å²) in [5, 5.41) is 3.18. The minimum absolute atomic E-state index is 0.152. The molecule has 0 aromatic carbocycles. The van der Waals surface area contributed by atoms with Crippen molar-refractivity contribution >= 4 is 21.7 Å². The van der Waals surface area contributed by atoms with Crippen molar-refractivity contribution in [3.05, 3.63) is 21.2 Å². The van der Waals surface area contributed by atoms with Crippen LogP contribution < -0.4 is 10.9 Å². The highest BCUT2D eigenvalue weighted by molar-refractivity contribution is 9.10. The maximum absolute atomic E-state index is 11.3. The third-order valence-electron chi connectivity index (χ3n) is 2.97. The molecule has 17 heavy (non-hydrogen) atoms. The van der Waals surface area contributed by atoms with E-state index in [0.717, 1.165) is 13.1 Å². The second-order valence-electron chi connectivity index (χ2n) is 4.22. The Labute approximate surface area is 109 Å². The maximum Gasteiger partial charge on any atom is 0.267 e. The quantitative estimate of drug-likeness (QED) is 0.883. The topological polar surface area (TPSA) is 61.0 Å². The largest absolute Gasteiger partial charge is 0.368 e. The van der Waals surface area contributed by atoms with Gasteiger partial charge in [0.25, 0.3) is 5.56 Å².